The molecule has 0 saturated carbocycles. The van der Waals surface area contributed by atoms with Crippen LogP contribution in [0.4, 0.5) is 33.7 Å². The topological polar surface area (TPSA) is 94.0 Å². The Labute approximate surface area is 216 Å². The standard InChI is InChI=1S/C25H15ClF4N6O2/c26-18-5-2-14(10-17(18)25(28,29)30)33-24(37)34-15-3-7-22(19(27)11-15)38-16-4-6-20-21(12-16)35-23(13-31-20)36-9-1-8-32-36/h1-13H,(H2,33,34,37). The summed E-state index contributed by atoms with van der Waals surface area (Å²) in [7, 11) is 0. The van der Waals surface area contributed by atoms with Gasteiger partial charge in [-0.15, -0.1) is 0 Å². The minimum absolute atomic E-state index is 0.0469. The molecule has 0 unspecified atom stereocenters. The second-order valence-corrected chi connectivity index (χ2v) is 8.26. The molecule has 5 aromatic rings. The van der Waals surface area contributed by atoms with Crippen LogP contribution in [0.5, 0.6) is 11.5 Å². The fourth-order valence-corrected chi connectivity index (χ4v) is 3.69. The smallest absolute Gasteiger partial charge is 0.417 e. The van der Waals surface area contributed by atoms with E-state index in [0.29, 0.717) is 28.7 Å². The van der Waals surface area contributed by atoms with Crippen molar-refractivity contribution in [1.82, 2.24) is 19.7 Å². The molecule has 8 nitrogen and oxygen atoms in total. The van der Waals surface area contributed by atoms with Gasteiger partial charge in [-0.25, -0.2) is 18.9 Å². The zero-order chi connectivity index (χ0) is 26.9. The van der Waals surface area contributed by atoms with Crippen LogP contribution in [0.1, 0.15) is 5.56 Å². The summed E-state index contributed by atoms with van der Waals surface area (Å²) in [6, 6.07) is 12.3. The summed E-state index contributed by atoms with van der Waals surface area (Å²) in [4.78, 5) is 21.1. The average Bonchev–Trinajstić information content (AvgIpc) is 3.41. The van der Waals surface area contributed by atoms with E-state index in [-0.39, 0.29) is 17.1 Å². The largest absolute Gasteiger partial charge is 0.454 e. The fraction of sp³-hybridized carbons (Fsp3) is 0.0400. The van der Waals surface area contributed by atoms with E-state index in [1.165, 1.54) is 18.2 Å². The van der Waals surface area contributed by atoms with Gasteiger partial charge in [0.25, 0.3) is 0 Å². The number of anilines is 2. The number of hydrogen-bond acceptors (Lipinski definition) is 5. The first-order chi connectivity index (χ1) is 18.2. The molecule has 2 heterocycles. The predicted octanol–water partition coefficient (Wildman–Crippen LogP) is 7.06. The third-order valence-corrected chi connectivity index (χ3v) is 5.52. The Kier molecular flexibility index (Phi) is 6.55. The van der Waals surface area contributed by atoms with Crippen molar-refractivity contribution < 1.29 is 27.1 Å². The molecule has 0 aliphatic carbocycles. The zero-order valence-corrected chi connectivity index (χ0v) is 19.8. The Morgan fingerprint density at radius 1 is 0.974 bits per heavy atom. The molecule has 192 valence electrons. The Hall–Kier alpha value is -4.71. The first-order valence-electron chi connectivity index (χ1n) is 10.8. The van der Waals surface area contributed by atoms with Crippen LogP contribution in [0, 0.1) is 5.82 Å². The Bertz CT molecular complexity index is 1640. The van der Waals surface area contributed by atoms with Crippen molar-refractivity contribution in [3.05, 3.63) is 95.7 Å². The molecule has 0 saturated heterocycles. The Morgan fingerprint density at radius 2 is 1.74 bits per heavy atom. The van der Waals surface area contributed by atoms with Crippen molar-refractivity contribution in [3.63, 3.8) is 0 Å². The molecule has 0 bridgehead atoms. The van der Waals surface area contributed by atoms with Crippen LogP contribution < -0.4 is 15.4 Å². The molecule has 2 aromatic heterocycles. The van der Waals surface area contributed by atoms with Crippen molar-refractivity contribution in [2.45, 2.75) is 6.18 Å². The number of urea groups is 1. The molecule has 2 N–H and O–H groups in total. The molecule has 0 fully saturated rings. The summed E-state index contributed by atoms with van der Waals surface area (Å²) < 4.78 is 61.0. The van der Waals surface area contributed by atoms with Crippen LogP contribution in [-0.2, 0) is 6.18 Å². The number of benzene rings is 3. The van der Waals surface area contributed by atoms with Gasteiger partial charge in [-0.3, -0.25) is 4.98 Å². The molecule has 2 amide bonds. The Morgan fingerprint density at radius 3 is 2.45 bits per heavy atom. The summed E-state index contributed by atoms with van der Waals surface area (Å²) in [5.74, 6) is -0.123. The maximum atomic E-state index is 14.7. The number of halogens is 5. The van der Waals surface area contributed by atoms with Gasteiger partial charge in [-0.1, -0.05) is 11.6 Å². The van der Waals surface area contributed by atoms with Crippen LogP contribution >= 0.6 is 11.6 Å². The quantitative estimate of drug-likeness (QED) is 0.232. The molecule has 3 aromatic carbocycles. The number of carbonyl (C=O) groups is 1. The van der Waals surface area contributed by atoms with Gasteiger partial charge in [0.1, 0.15) is 5.75 Å². The van der Waals surface area contributed by atoms with E-state index in [1.54, 1.807) is 47.5 Å². The van der Waals surface area contributed by atoms with E-state index in [0.717, 1.165) is 12.1 Å². The number of hydrogen-bond donors (Lipinski definition) is 2. The van der Waals surface area contributed by atoms with Crippen molar-refractivity contribution in [1.29, 1.82) is 0 Å². The first kappa shape index (κ1) is 25.0. The van der Waals surface area contributed by atoms with E-state index in [9.17, 15) is 22.4 Å². The normalized spacial score (nSPS) is 11.4. The number of carbonyl (C=O) groups excluding carboxylic acids is 1. The number of aromatic nitrogens is 4. The first-order valence-corrected chi connectivity index (χ1v) is 11.2. The molecule has 0 spiro atoms. The highest BCUT2D eigenvalue weighted by atomic mass is 35.5. The van der Waals surface area contributed by atoms with Gasteiger partial charge in [0.2, 0.25) is 0 Å². The van der Waals surface area contributed by atoms with E-state index >= 15 is 0 Å². The van der Waals surface area contributed by atoms with E-state index in [2.05, 4.69) is 25.7 Å². The van der Waals surface area contributed by atoms with Crippen LogP contribution in [0.2, 0.25) is 5.02 Å². The maximum Gasteiger partial charge on any atom is 0.417 e. The number of rotatable bonds is 5. The average molecular weight is 543 g/mol. The highest BCUT2D eigenvalue weighted by molar-refractivity contribution is 6.31. The molecule has 5 rings (SSSR count). The summed E-state index contributed by atoms with van der Waals surface area (Å²) >= 11 is 5.58. The third kappa shape index (κ3) is 5.49. The lowest BCUT2D eigenvalue weighted by atomic mass is 10.2. The zero-order valence-electron chi connectivity index (χ0n) is 19.0. The molecule has 38 heavy (non-hydrogen) atoms. The summed E-state index contributed by atoms with van der Waals surface area (Å²) in [6.07, 6.45) is 0.206. The van der Waals surface area contributed by atoms with Gasteiger partial charge >= 0.3 is 12.2 Å². The van der Waals surface area contributed by atoms with Gasteiger partial charge in [-0.2, -0.15) is 18.3 Å². The second kappa shape index (κ2) is 9.98. The lowest BCUT2D eigenvalue weighted by Crippen LogP contribution is -2.20. The van der Waals surface area contributed by atoms with Gasteiger partial charge in [-0.05, 0) is 48.5 Å². The summed E-state index contributed by atoms with van der Waals surface area (Å²) in [5, 5.41) is 8.22. The highest BCUT2D eigenvalue weighted by Crippen LogP contribution is 2.36. The van der Waals surface area contributed by atoms with Gasteiger partial charge < -0.3 is 15.4 Å². The lowest BCUT2D eigenvalue weighted by molar-refractivity contribution is -0.137. The van der Waals surface area contributed by atoms with Crippen molar-refractivity contribution in [2.75, 3.05) is 10.6 Å². The summed E-state index contributed by atoms with van der Waals surface area (Å²) in [5.41, 5.74) is -0.0914. The van der Waals surface area contributed by atoms with Crippen LogP contribution in [0.15, 0.2) is 79.3 Å². The second-order valence-electron chi connectivity index (χ2n) is 7.85. The maximum absolute atomic E-state index is 14.7. The number of fused-ring (bicyclic) bond motifs is 1. The van der Waals surface area contributed by atoms with Crippen molar-refractivity contribution in [2.24, 2.45) is 0 Å². The molecule has 13 heteroatoms. The molecule has 0 atom stereocenters. The van der Waals surface area contributed by atoms with Crippen LogP contribution in [-0.4, -0.2) is 25.8 Å². The number of nitrogens with zero attached hydrogens (tertiary/aromatic N) is 4. The monoisotopic (exact) mass is 542 g/mol. The number of alkyl halides is 3. The van der Waals surface area contributed by atoms with E-state index in [1.807, 2.05) is 0 Å². The number of amides is 2. The number of nitrogens with one attached hydrogen (secondary N) is 2. The molecule has 0 aliphatic rings. The fourth-order valence-electron chi connectivity index (χ4n) is 3.46. The van der Waals surface area contributed by atoms with Gasteiger partial charge in [0, 0.05) is 35.9 Å². The highest BCUT2D eigenvalue weighted by Gasteiger charge is 2.33. The number of ether oxygens (including phenoxy) is 1. The molecule has 0 aliphatic heterocycles. The minimum Gasteiger partial charge on any atom is -0.454 e. The van der Waals surface area contributed by atoms with Gasteiger partial charge in [0.05, 0.1) is 27.8 Å². The lowest BCUT2D eigenvalue weighted by Gasteiger charge is -2.13. The molecular weight excluding hydrogens is 528 g/mol. The van der Waals surface area contributed by atoms with Crippen LogP contribution in [0.3, 0.4) is 0 Å². The van der Waals surface area contributed by atoms with Crippen molar-refractivity contribution >= 4 is 40.0 Å². The predicted molar refractivity (Wildman–Crippen MR) is 132 cm³/mol. The van der Waals surface area contributed by atoms with Crippen LogP contribution in [0.25, 0.3) is 16.9 Å². The molecular formula is C25H15ClF4N6O2. The van der Waals surface area contributed by atoms with E-state index < -0.39 is 28.6 Å². The Balaban J connectivity index is 1.28. The minimum atomic E-state index is -4.69. The molecule has 0 radical (unpaired) electrons. The SMILES string of the molecule is O=C(Nc1ccc(Oc2ccc3ncc(-n4cccn4)nc3c2)c(F)c1)Nc1ccc(Cl)c(C(F)(F)F)c1. The third-order valence-electron chi connectivity index (χ3n) is 5.19. The van der Waals surface area contributed by atoms with Crippen molar-refractivity contribution in [3.8, 4) is 17.3 Å². The summed E-state index contributed by atoms with van der Waals surface area (Å²) in [6.45, 7) is 0. The van der Waals surface area contributed by atoms with Gasteiger partial charge in [0.15, 0.2) is 17.4 Å². The van der Waals surface area contributed by atoms with E-state index in [4.69, 9.17) is 16.3 Å².